The Morgan fingerprint density at radius 2 is 1.63 bits per heavy atom. The molecule has 0 radical (unpaired) electrons. The molecule has 1 heterocycles. The van der Waals surface area contributed by atoms with Gasteiger partial charge >= 0.3 is 10.1 Å². The van der Waals surface area contributed by atoms with Gasteiger partial charge in [-0.15, -0.1) is 0 Å². The third-order valence-electron chi connectivity index (χ3n) is 5.52. The maximum atomic E-state index is 12.9. The maximum absolute atomic E-state index is 12.9. The number of fused-ring (bicyclic) bond motifs is 4. The topological polar surface area (TPSA) is 37.2 Å². The van der Waals surface area contributed by atoms with E-state index in [0.29, 0.717) is 0 Å². The van der Waals surface area contributed by atoms with Crippen molar-refractivity contribution in [1.29, 1.82) is 0 Å². The van der Waals surface area contributed by atoms with Gasteiger partial charge in [-0.3, -0.25) is 0 Å². The molecule has 0 aliphatic heterocycles. The van der Waals surface area contributed by atoms with Crippen LogP contribution in [-0.2, 0) is 5.41 Å². The number of hydrogen-bond acceptors (Lipinski definition) is 2. The van der Waals surface area contributed by atoms with Crippen molar-refractivity contribution in [1.82, 2.24) is 0 Å². The molecule has 4 heteroatoms. The standard InChI is InChI=1S/C23H19NOS.Be/c1-13-8-9-14-15-12-20(25)16(11-18(15)23(2,3)17(14)10-13)22-24-19-6-4-5-7-21(19)26-22;/h4-12,25H,1-3H3;/q;+2. The monoisotopic (exact) mass is 366 g/mol. The molecule has 1 N–H and O–H groups in total. The zero-order valence-corrected chi connectivity index (χ0v) is 16.5. The number of aromatic nitrogens is 1. The van der Waals surface area contributed by atoms with E-state index in [0.717, 1.165) is 21.7 Å². The molecule has 0 saturated heterocycles. The van der Waals surface area contributed by atoms with Crippen molar-refractivity contribution < 1.29 is 10.1 Å². The summed E-state index contributed by atoms with van der Waals surface area (Å²) in [4.78, 5) is 3.42. The quantitative estimate of drug-likeness (QED) is 0.450. The van der Waals surface area contributed by atoms with Crippen molar-refractivity contribution in [3.63, 3.8) is 0 Å². The summed E-state index contributed by atoms with van der Waals surface area (Å²) in [6, 6.07) is 18.6. The summed E-state index contributed by atoms with van der Waals surface area (Å²) < 4.78 is 1.17. The average Bonchev–Trinajstić information content (AvgIpc) is 3.12. The van der Waals surface area contributed by atoms with Crippen LogP contribution in [0.3, 0.4) is 0 Å². The van der Waals surface area contributed by atoms with Crippen molar-refractivity contribution in [3.8, 4) is 27.4 Å². The van der Waals surface area contributed by atoms with E-state index in [1.54, 1.807) is 11.3 Å². The van der Waals surface area contributed by atoms with Gasteiger partial charge < -0.3 is 5.11 Å². The first-order valence-electron chi connectivity index (χ1n) is 8.83. The summed E-state index contributed by atoms with van der Waals surface area (Å²) in [7, 11) is 0. The minimum atomic E-state index is -0.101. The molecule has 1 aromatic heterocycles. The first kappa shape index (κ1) is 17.9. The normalized spacial score (nSPS) is 13.9. The van der Waals surface area contributed by atoms with E-state index < -0.39 is 0 Å². The first-order chi connectivity index (χ1) is 12.4. The van der Waals surface area contributed by atoms with Gasteiger partial charge in [0, 0.05) is 11.5 Å². The summed E-state index contributed by atoms with van der Waals surface area (Å²) in [6.07, 6.45) is 0. The average molecular weight is 366 g/mol. The van der Waals surface area contributed by atoms with Gasteiger partial charge in [0.2, 0.25) is 5.52 Å². The Bertz CT molecular complexity index is 1160. The fraction of sp³-hybridized carbons (Fsp3) is 0.174. The molecule has 128 valence electrons. The Morgan fingerprint density at radius 3 is 2.41 bits per heavy atom. The van der Waals surface area contributed by atoms with Gasteiger partial charge in [0.05, 0.1) is 5.56 Å². The van der Waals surface area contributed by atoms with E-state index in [4.69, 9.17) is 0 Å². The Hall–Kier alpha value is -2.48. The number of H-pyrrole nitrogens is 1. The summed E-state index contributed by atoms with van der Waals surface area (Å²) in [6.45, 7) is 6.62. The van der Waals surface area contributed by atoms with E-state index in [9.17, 15) is 5.11 Å². The number of hydrogen-bond donors (Lipinski definition) is 0. The number of aromatic amines is 1. The molecule has 4 aromatic rings. The maximum Gasteiger partial charge on any atom is 2.00 e. The zero-order valence-electron chi connectivity index (χ0n) is 15.7. The van der Waals surface area contributed by atoms with Crippen LogP contribution in [-0.4, -0.2) is 10.1 Å². The SMILES string of the molecule is Cc1ccc2c(c1)C(C)(C)c1cc(-c3[nH+]c4ccccc4s3)c([O-])cc1-2.[Be+2]. The second-order valence-corrected chi connectivity index (χ2v) is 8.67. The first-order valence-corrected chi connectivity index (χ1v) is 9.65. The third kappa shape index (κ3) is 2.54. The van der Waals surface area contributed by atoms with Gasteiger partial charge in [0.15, 0.2) is 0 Å². The number of aryl methyl sites for hydroxylation is 1. The molecule has 0 unspecified atom stereocenters. The smallest absolute Gasteiger partial charge is 0.872 e. The predicted molar refractivity (Wildman–Crippen MR) is 111 cm³/mol. The summed E-state index contributed by atoms with van der Waals surface area (Å²) >= 11 is 1.64. The molecule has 0 spiro atoms. The van der Waals surface area contributed by atoms with Crippen LogP contribution in [0.2, 0.25) is 0 Å². The third-order valence-corrected chi connectivity index (χ3v) is 6.63. The minimum Gasteiger partial charge on any atom is -0.872 e. The Balaban J connectivity index is 0.00000180. The van der Waals surface area contributed by atoms with E-state index in [2.05, 4.69) is 62.2 Å². The Morgan fingerprint density at radius 1 is 0.889 bits per heavy atom. The van der Waals surface area contributed by atoms with Crippen LogP contribution in [0.5, 0.6) is 5.75 Å². The van der Waals surface area contributed by atoms with E-state index in [1.165, 1.54) is 27.0 Å². The summed E-state index contributed by atoms with van der Waals surface area (Å²) in [5.41, 5.74) is 7.82. The van der Waals surface area contributed by atoms with Crippen LogP contribution in [0, 0.1) is 6.92 Å². The second-order valence-electron chi connectivity index (χ2n) is 7.62. The van der Waals surface area contributed by atoms with Crippen molar-refractivity contribution in [3.05, 3.63) is 71.3 Å². The van der Waals surface area contributed by atoms with Crippen LogP contribution >= 0.6 is 11.3 Å². The van der Waals surface area contributed by atoms with E-state index in [1.807, 2.05) is 18.2 Å². The largest absolute Gasteiger partial charge is 2.00 e. The van der Waals surface area contributed by atoms with Crippen LogP contribution in [0.4, 0.5) is 0 Å². The molecule has 1 aliphatic rings. The second kappa shape index (κ2) is 6.02. The van der Waals surface area contributed by atoms with Gasteiger partial charge in [-0.25, -0.2) is 0 Å². The van der Waals surface area contributed by atoms with Gasteiger partial charge in [-0.1, -0.05) is 72.9 Å². The summed E-state index contributed by atoms with van der Waals surface area (Å²) in [5, 5.41) is 13.9. The van der Waals surface area contributed by atoms with Crippen LogP contribution in [0.25, 0.3) is 31.9 Å². The van der Waals surface area contributed by atoms with Gasteiger partial charge in [-0.2, -0.15) is 4.98 Å². The number of nitrogens with one attached hydrogen (secondary N) is 1. The van der Waals surface area contributed by atoms with Gasteiger partial charge in [-0.05, 0) is 41.3 Å². The fourth-order valence-electron chi connectivity index (χ4n) is 4.09. The molecule has 0 amide bonds. The molecular weight excluding hydrogens is 347 g/mol. The van der Waals surface area contributed by atoms with Gasteiger partial charge in [0.1, 0.15) is 4.70 Å². The molecule has 27 heavy (non-hydrogen) atoms. The van der Waals surface area contributed by atoms with Crippen molar-refractivity contribution >= 4 is 31.7 Å². The minimum absolute atomic E-state index is 0. The van der Waals surface area contributed by atoms with E-state index in [-0.39, 0.29) is 21.3 Å². The molecule has 0 bridgehead atoms. The molecule has 2 nitrogen and oxygen atoms in total. The van der Waals surface area contributed by atoms with Crippen LogP contribution < -0.4 is 10.1 Å². The van der Waals surface area contributed by atoms with Gasteiger partial charge in [0.25, 0.3) is 5.01 Å². The number of thiazole rings is 1. The van der Waals surface area contributed by atoms with Crippen LogP contribution in [0.15, 0.2) is 54.6 Å². The molecule has 0 fully saturated rings. The van der Waals surface area contributed by atoms with Crippen LogP contribution in [0.1, 0.15) is 30.5 Å². The van der Waals surface area contributed by atoms with Crippen molar-refractivity contribution in [2.24, 2.45) is 0 Å². The number of para-hydroxylation sites is 1. The molecule has 3 aromatic carbocycles. The zero-order chi connectivity index (χ0) is 18.1. The number of benzene rings is 3. The van der Waals surface area contributed by atoms with Crippen molar-refractivity contribution in [2.45, 2.75) is 26.2 Å². The summed E-state index contributed by atoms with van der Waals surface area (Å²) in [5.74, 6) is 0.0794. The molecule has 0 saturated carbocycles. The van der Waals surface area contributed by atoms with E-state index >= 15 is 0 Å². The fourth-order valence-corrected chi connectivity index (χ4v) is 5.12. The molecule has 0 atom stereocenters. The molecular formula is C23H19BeNOS+2. The Labute approximate surface area is 166 Å². The number of rotatable bonds is 1. The van der Waals surface area contributed by atoms with Crippen molar-refractivity contribution in [2.75, 3.05) is 0 Å². The molecule has 1 aliphatic carbocycles. The molecule has 5 rings (SSSR count). The Kier molecular flexibility index (Phi) is 3.99. The predicted octanol–water partition coefficient (Wildman–Crippen LogP) is 4.69.